The first kappa shape index (κ1) is 13.4. The number of aromatic nitrogens is 3. The molecule has 0 saturated heterocycles. The molecule has 1 aromatic carbocycles. The molecule has 0 spiro atoms. The molecule has 0 unspecified atom stereocenters. The zero-order chi connectivity index (χ0) is 14.8. The number of halogens is 1. The minimum atomic E-state index is -0.337. The second-order valence-electron chi connectivity index (χ2n) is 4.62. The maximum absolute atomic E-state index is 13.4. The van der Waals surface area contributed by atoms with Gasteiger partial charge in [-0.3, -0.25) is 4.98 Å². The molecule has 106 valence electrons. The molecule has 0 aliphatic rings. The van der Waals surface area contributed by atoms with Gasteiger partial charge in [-0.15, -0.1) is 0 Å². The third-order valence-corrected chi connectivity index (χ3v) is 3.14. The van der Waals surface area contributed by atoms with Gasteiger partial charge in [-0.05, 0) is 36.8 Å². The van der Waals surface area contributed by atoms with E-state index in [9.17, 15) is 4.39 Å². The van der Waals surface area contributed by atoms with Gasteiger partial charge >= 0.3 is 0 Å². The Labute approximate surface area is 120 Å². The van der Waals surface area contributed by atoms with E-state index in [0.29, 0.717) is 23.8 Å². The molecule has 2 aromatic heterocycles. The topological polar surface area (TPSA) is 77.8 Å². The standard InChI is InChI=1S/C15H13FN4O/c1-9-2-3-11(16)7-13(9)14-19-15(21-20-14)10-4-5-18-12(6-10)8-17/h2-7H,8,17H2,1H3. The van der Waals surface area contributed by atoms with Crippen molar-refractivity contribution >= 4 is 0 Å². The van der Waals surface area contributed by atoms with Gasteiger partial charge in [0.1, 0.15) is 5.82 Å². The van der Waals surface area contributed by atoms with Crippen LogP contribution in [0.15, 0.2) is 41.1 Å². The molecule has 0 bridgehead atoms. The normalized spacial score (nSPS) is 10.8. The Balaban J connectivity index is 2.01. The highest BCUT2D eigenvalue weighted by Gasteiger charge is 2.13. The smallest absolute Gasteiger partial charge is 0.258 e. The Bertz CT molecular complexity index is 785. The Kier molecular flexibility index (Phi) is 3.45. The quantitative estimate of drug-likeness (QED) is 0.800. The molecule has 6 heteroatoms. The number of hydrogen-bond acceptors (Lipinski definition) is 5. The van der Waals surface area contributed by atoms with Crippen LogP contribution < -0.4 is 5.73 Å². The van der Waals surface area contributed by atoms with E-state index >= 15 is 0 Å². The van der Waals surface area contributed by atoms with Gasteiger partial charge in [0, 0.05) is 23.9 Å². The van der Waals surface area contributed by atoms with Gasteiger partial charge < -0.3 is 10.3 Å². The van der Waals surface area contributed by atoms with Crippen molar-refractivity contribution in [2.24, 2.45) is 5.73 Å². The van der Waals surface area contributed by atoms with Crippen molar-refractivity contribution in [3.8, 4) is 22.8 Å². The van der Waals surface area contributed by atoms with Gasteiger partial charge in [-0.2, -0.15) is 4.98 Å². The SMILES string of the molecule is Cc1ccc(F)cc1-c1noc(-c2ccnc(CN)c2)n1. The molecule has 5 nitrogen and oxygen atoms in total. The van der Waals surface area contributed by atoms with Crippen molar-refractivity contribution in [1.29, 1.82) is 0 Å². The number of nitrogens with two attached hydrogens (primary N) is 1. The molecule has 0 aliphatic heterocycles. The van der Waals surface area contributed by atoms with E-state index in [2.05, 4.69) is 15.1 Å². The molecule has 3 aromatic rings. The van der Waals surface area contributed by atoms with E-state index in [1.54, 1.807) is 24.4 Å². The number of pyridine rings is 1. The molecule has 0 amide bonds. The molecule has 0 fully saturated rings. The lowest BCUT2D eigenvalue weighted by molar-refractivity contribution is 0.432. The first-order valence-corrected chi connectivity index (χ1v) is 6.43. The monoisotopic (exact) mass is 284 g/mol. The third kappa shape index (κ3) is 2.66. The fourth-order valence-corrected chi connectivity index (χ4v) is 2.01. The minimum absolute atomic E-state index is 0.331. The number of benzene rings is 1. The lowest BCUT2D eigenvalue weighted by Gasteiger charge is -2.00. The Hall–Kier alpha value is -2.60. The van der Waals surface area contributed by atoms with E-state index in [1.165, 1.54) is 12.1 Å². The highest BCUT2D eigenvalue weighted by molar-refractivity contribution is 5.62. The van der Waals surface area contributed by atoms with E-state index in [4.69, 9.17) is 10.3 Å². The predicted molar refractivity (Wildman–Crippen MR) is 75.6 cm³/mol. The highest BCUT2D eigenvalue weighted by Crippen LogP contribution is 2.25. The zero-order valence-corrected chi connectivity index (χ0v) is 11.4. The maximum atomic E-state index is 13.4. The number of nitrogens with zero attached hydrogens (tertiary/aromatic N) is 3. The van der Waals surface area contributed by atoms with Crippen LogP contribution in [0.2, 0.25) is 0 Å². The Morgan fingerprint density at radius 3 is 2.90 bits per heavy atom. The van der Waals surface area contributed by atoms with E-state index in [-0.39, 0.29) is 5.82 Å². The van der Waals surface area contributed by atoms with Gasteiger partial charge in [-0.1, -0.05) is 11.2 Å². The summed E-state index contributed by atoms with van der Waals surface area (Å²) in [6, 6.07) is 8.02. The molecular formula is C15H13FN4O. The second-order valence-corrected chi connectivity index (χ2v) is 4.62. The highest BCUT2D eigenvalue weighted by atomic mass is 19.1. The van der Waals surface area contributed by atoms with Crippen molar-refractivity contribution < 1.29 is 8.91 Å². The lowest BCUT2D eigenvalue weighted by Crippen LogP contribution is -1.99. The van der Waals surface area contributed by atoms with Crippen LogP contribution in [0.4, 0.5) is 4.39 Å². The Morgan fingerprint density at radius 2 is 2.10 bits per heavy atom. The van der Waals surface area contributed by atoms with Gasteiger partial charge in [0.25, 0.3) is 5.89 Å². The van der Waals surface area contributed by atoms with Crippen molar-refractivity contribution in [3.05, 3.63) is 53.6 Å². The fourth-order valence-electron chi connectivity index (χ4n) is 2.01. The van der Waals surface area contributed by atoms with Gasteiger partial charge in [-0.25, -0.2) is 4.39 Å². The van der Waals surface area contributed by atoms with Crippen LogP contribution in [0, 0.1) is 12.7 Å². The van der Waals surface area contributed by atoms with E-state index in [0.717, 1.165) is 16.8 Å². The van der Waals surface area contributed by atoms with E-state index in [1.807, 2.05) is 6.92 Å². The summed E-state index contributed by atoms with van der Waals surface area (Å²) in [5, 5.41) is 3.92. The van der Waals surface area contributed by atoms with Crippen LogP contribution >= 0.6 is 0 Å². The minimum Gasteiger partial charge on any atom is -0.334 e. The molecule has 3 rings (SSSR count). The number of aryl methyl sites for hydroxylation is 1. The van der Waals surface area contributed by atoms with Gasteiger partial charge in [0.05, 0.1) is 5.69 Å². The molecule has 2 N–H and O–H groups in total. The molecule has 2 heterocycles. The lowest BCUT2D eigenvalue weighted by atomic mass is 10.1. The maximum Gasteiger partial charge on any atom is 0.258 e. The fraction of sp³-hybridized carbons (Fsp3) is 0.133. The molecular weight excluding hydrogens is 271 g/mol. The van der Waals surface area contributed by atoms with Crippen LogP contribution in [0.1, 0.15) is 11.3 Å². The molecule has 0 aliphatic carbocycles. The summed E-state index contributed by atoms with van der Waals surface area (Å²) in [4.78, 5) is 8.42. The number of hydrogen-bond donors (Lipinski definition) is 1. The van der Waals surface area contributed by atoms with Crippen molar-refractivity contribution in [1.82, 2.24) is 15.1 Å². The van der Waals surface area contributed by atoms with Crippen molar-refractivity contribution in [2.75, 3.05) is 0 Å². The summed E-state index contributed by atoms with van der Waals surface area (Å²) in [6.45, 7) is 2.20. The van der Waals surface area contributed by atoms with Crippen LogP contribution in [0.5, 0.6) is 0 Å². The largest absolute Gasteiger partial charge is 0.334 e. The van der Waals surface area contributed by atoms with Crippen molar-refractivity contribution in [2.45, 2.75) is 13.5 Å². The first-order valence-electron chi connectivity index (χ1n) is 6.43. The van der Waals surface area contributed by atoms with Gasteiger partial charge in [0.2, 0.25) is 5.82 Å². The zero-order valence-electron chi connectivity index (χ0n) is 11.4. The molecule has 0 radical (unpaired) electrons. The van der Waals surface area contributed by atoms with Crippen LogP contribution in [0.3, 0.4) is 0 Å². The summed E-state index contributed by atoms with van der Waals surface area (Å²) in [5.74, 6) is 0.371. The second kappa shape index (κ2) is 5.41. The average Bonchev–Trinajstić information content (AvgIpc) is 2.99. The summed E-state index contributed by atoms with van der Waals surface area (Å²) in [5.41, 5.74) is 8.51. The first-order chi connectivity index (χ1) is 10.2. The summed E-state index contributed by atoms with van der Waals surface area (Å²) in [7, 11) is 0. The molecule has 0 saturated carbocycles. The molecule has 0 atom stereocenters. The Morgan fingerprint density at radius 1 is 1.24 bits per heavy atom. The van der Waals surface area contributed by atoms with Crippen LogP contribution in [-0.4, -0.2) is 15.1 Å². The third-order valence-electron chi connectivity index (χ3n) is 3.14. The summed E-state index contributed by atoms with van der Waals surface area (Å²) in [6.07, 6.45) is 1.63. The summed E-state index contributed by atoms with van der Waals surface area (Å²) < 4.78 is 18.6. The van der Waals surface area contributed by atoms with E-state index < -0.39 is 0 Å². The average molecular weight is 284 g/mol. The van der Waals surface area contributed by atoms with Crippen LogP contribution in [-0.2, 0) is 6.54 Å². The predicted octanol–water partition coefficient (Wildman–Crippen LogP) is 2.70. The van der Waals surface area contributed by atoms with Crippen molar-refractivity contribution in [3.63, 3.8) is 0 Å². The molecule has 21 heavy (non-hydrogen) atoms. The van der Waals surface area contributed by atoms with Crippen LogP contribution in [0.25, 0.3) is 22.8 Å². The van der Waals surface area contributed by atoms with Gasteiger partial charge in [0.15, 0.2) is 0 Å². The number of rotatable bonds is 3. The summed E-state index contributed by atoms with van der Waals surface area (Å²) >= 11 is 0.